The fraction of sp³-hybridized carbons (Fsp3) is 0.278. The quantitative estimate of drug-likeness (QED) is 0.928. The van der Waals surface area contributed by atoms with Gasteiger partial charge in [-0.2, -0.15) is 9.57 Å². The Hall–Kier alpha value is -2.20. The number of benzene rings is 2. The highest BCUT2D eigenvalue weighted by Crippen LogP contribution is 2.24. The Morgan fingerprint density at radius 3 is 1.96 bits per heavy atom. The number of nitrogens with zero attached hydrogens (tertiary/aromatic N) is 2. The van der Waals surface area contributed by atoms with Crippen molar-refractivity contribution in [2.24, 2.45) is 5.73 Å². The third kappa shape index (κ3) is 3.34. The van der Waals surface area contributed by atoms with Crippen molar-refractivity contribution in [1.82, 2.24) is 4.31 Å². The van der Waals surface area contributed by atoms with Crippen molar-refractivity contribution in [2.45, 2.75) is 23.8 Å². The first-order valence-corrected chi connectivity index (χ1v) is 9.31. The summed E-state index contributed by atoms with van der Waals surface area (Å²) in [5.41, 5.74) is 8.30. The Kier molecular flexibility index (Phi) is 4.67. The average Bonchev–Trinajstić information content (AvgIpc) is 2.62. The van der Waals surface area contributed by atoms with Crippen molar-refractivity contribution in [3.63, 3.8) is 0 Å². The van der Waals surface area contributed by atoms with Crippen LogP contribution < -0.4 is 5.73 Å². The van der Waals surface area contributed by atoms with E-state index in [4.69, 9.17) is 11.0 Å². The molecule has 0 bridgehead atoms. The van der Waals surface area contributed by atoms with Gasteiger partial charge in [0.05, 0.1) is 16.5 Å². The van der Waals surface area contributed by atoms with E-state index in [1.807, 2.05) is 12.1 Å². The summed E-state index contributed by atoms with van der Waals surface area (Å²) in [7, 11) is -3.46. The molecular formula is C18H19N3O2S. The van der Waals surface area contributed by atoms with Crippen LogP contribution in [0.15, 0.2) is 53.4 Å². The molecular weight excluding hydrogens is 322 g/mol. The summed E-state index contributed by atoms with van der Waals surface area (Å²) in [6.45, 7) is 0.946. The second-order valence-corrected chi connectivity index (χ2v) is 7.89. The molecule has 2 aromatic rings. The molecule has 1 heterocycles. The molecule has 6 heteroatoms. The van der Waals surface area contributed by atoms with Gasteiger partial charge in [0.25, 0.3) is 0 Å². The van der Waals surface area contributed by atoms with Crippen LogP contribution in [0.1, 0.15) is 18.4 Å². The van der Waals surface area contributed by atoms with Crippen LogP contribution in [0.2, 0.25) is 0 Å². The van der Waals surface area contributed by atoms with Gasteiger partial charge in [-0.3, -0.25) is 0 Å². The Bertz CT molecular complexity index is 845. The molecule has 2 N–H and O–H groups in total. The normalized spacial score (nSPS) is 16.7. The van der Waals surface area contributed by atoms with E-state index in [9.17, 15) is 8.42 Å². The predicted octanol–water partition coefficient (Wildman–Crippen LogP) is 2.34. The molecule has 0 atom stereocenters. The third-order valence-corrected chi connectivity index (χ3v) is 6.25. The molecule has 0 radical (unpaired) electrons. The molecule has 2 aromatic carbocycles. The van der Waals surface area contributed by atoms with E-state index in [0.29, 0.717) is 36.4 Å². The monoisotopic (exact) mass is 341 g/mol. The zero-order valence-corrected chi connectivity index (χ0v) is 14.0. The van der Waals surface area contributed by atoms with E-state index < -0.39 is 10.0 Å². The summed E-state index contributed by atoms with van der Waals surface area (Å²) >= 11 is 0. The van der Waals surface area contributed by atoms with E-state index in [-0.39, 0.29) is 6.04 Å². The van der Waals surface area contributed by atoms with Crippen LogP contribution in [0.25, 0.3) is 11.1 Å². The predicted molar refractivity (Wildman–Crippen MR) is 92.6 cm³/mol. The number of nitrogens with two attached hydrogens (primary N) is 1. The molecule has 124 valence electrons. The van der Waals surface area contributed by atoms with Gasteiger partial charge >= 0.3 is 0 Å². The van der Waals surface area contributed by atoms with E-state index >= 15 is 0 Å². The van der Waals surface area contributed by atoms with Crippen molar-refractivity contribution < 1.29 is 8.42 Å². The molecule has 0 aliphatic carbocycles. The summed E-state index contributed by atoms with van der Waals surface area (Å²) in [5, 5.41) is 8.84. The van der Waals surface area contributed by atoms with Crippen LogP contribution in [0.5, 0.6) is 0 Å². The maximum absolute atomic E-state index is 12.7. The second-order valence-electron chi connectivity index (χ2n) is 5.96. The van der Waals surface area contributed by atoms with Crippen LogP contribution in [-0.2, 0) is 10.0 Å². The molecule has 5 nitrogen and oxygen atoms in total. The first-order chi connectivity index (χ1) is 11.5. The molecule has 0 aromatic heterocycles. The first-order valence-electron chi connectivity index (χ1n) is 7.87. The van der Waals surface area contributed by atoms with Gasteiger partial charge in [-0.15, -0.1) is 0 Å². The molecule has 0 spiro atoms. The summed E-state index contributed by atoms with van der Waals surface area (Å²) < 4.78 is 26.9. The van der Waals surface area contributed by atoms with Gasteiger partial charge in [-0.05, 0) is 48.2 Å². The largest absolute Gasteiger partial charge is 0.328 e. The Balaban J connectivity index is 1.82. The maximum atomic E-state index is 12.7. The topological polar surface area (TPSA) is 87.2 Å². The van der Waals surface area contributed by atoms with Gasteiger partial charge in [-0.25, -0.2) is 8.42 Å². The van der Waals surface area contributed by atoms with Crippen LogP contribution in [0, 0.1) is 11.3 Å². The lowest BCUT2D eigenvalue weighted by molar-refractivity contribution is 0.320. The van der Waals surface area contributed by atoms with Gasteiger partial charge in [0.1, 0.15) is 0 Å². The zero-order chi connectivity index (χ0) is 17.2. The highest BCUT2D eigenvalue weighted by Gasteiger charge is 2.28. The SMILES string of the molecule is N#Cc1ccc(-c2ccc(S(=O)(=O)N3CCC(N)CC3)cc2)cc1. The van der Waals surface area contributed by atoms with Crippen LogP contribution >= 0.6 is 0 Å². The molecule has 3 rings (SSSR count). The summed E-state index contributed by atoms with van der Waals surface area (Å²) in [6, 6.07) is 16.2. The van der Waals surface area contributed by atoms with Gasteiger partial charge < -0.3 is 5.73 Å². The van der Waals surface area contributed by atoms with Gasteiger partial charge in [0, 0.05) is 19.1 Å². The van der Waals surface area contributed by atoms with E-state index in [2.05, 4.69) is 6.07 Å². The molecule has 1 aliphatic rings. The number of rotatable bonds is 3. The van der Waals surface area contributed by atoms with Crippen molar-refractivity contribution >= 4 is 10.0 Å². The van der Waals surface area contributed by atoms with Crippen LogP contribution in [0.4, 0.5) is 0 Å². The standard InChI is InChI=1S/C18H19N3O2S/c19-13-14-1-3-15(4-2-14)16-5-7-18(8-6-16)24(22,23)21-11-9-17(20)10-12-21/h1-8,17H,9-12,20H2. The van der Waals surface area contributed by atoms with Crippen molar-refractivity contribution in [3.8, 4) is 17.2 Å². The number of sulfonamides is 1. The Morgan fingerprint density at radius 2 is 1.46 bits per heavy atom. The van der Waals surface area contributed by atoms with E-state index in [1.54, 1.807) is 36.4 Å². The lowest BCUT2D eigenvalue weighted by Crippen LogP contribution is -2.42. The molecule has 0 unspecified atom stereocenters. The van der Waals surface area contributed by atoms with Gasteiger partial charge in [-0.1, -0.05) is 24.3 Å². The number of nitriles is 1. The highest BCUT2D eigenvalue weighted by molar-refractivity contribution is 7.89. The lowest BCUT2D eigenvalue weighted by Gasteiger charge is -2.29. The van der Waals surface area contributed by atoms with E-state index in [1.165, 1.54) is 4.31 Å². The number of hydrogen-bond donors (Lipinski definition) is 1. The summed E-state index contributed by atoms with van der Waals surface area (Å²) in [5.74, 6) is 0. The smallest absolute Gasteiger partial charge is 0.243 e. The lowest BCUT2D eigenvalue weighted by atomic mass is 10.0. The van der Waals surface area contributed by atoms with E-state index in [0.717, 1.165) is 11.1 Å². The Labute approximate surface area is 142 Å². The fourth-order valence-corrected chi connectivity index (χ4v) is 4.29. The molecule has 0 amide bonds. The molecule has 24 heavy (non-hydrogen) atoms. The van der Waals surface area contributed by atoms with Gasteiger partial charge in [0.2, 0.25) is 10.0 Å². The molecule has 1 saturated heterocycles. The van der Waals surface area contributed by atoms with Crippen molar-refractivity contribution in [1.29, 1.82) is 5.26 Å². The first kappa shape index (κ1) is 16.7. The summed E-state index contributed by atoms with van der Waals surface area (Å²) in [4.78, 5) is 0.301. The maximum Gasteiger partial charge on any atom is 0.243 e. The Morgan fingerprint density at radius 1 is 0.958 bits per heavy atom. The molecule has 1 fully saturated rings. The molecule has 0 saturated carbocycles. The van der Waals surface area contributed by atoms with Crippen molar-refractivity contribution in [2.75, 3.05) is 13.1 Å². The third-order valence-electron chi connectivity index (χ3n) is 4.34. The second kappa shape index (κ2) is 6.73. The minimum atomic E-state index is -3.46. The average molecular weight is 341 g/mol. The molecule has 1 aliphatic heterocycles. The van der Waals surface area contributed by atoms with Crippen LogP contribution in [0.3, 0.4) is 0 Å². The highest BCUT2D eigenvalue weighted by atomic mass is 32.2. The zero-order valence-electron chi connectivity index (χ0n) is 13.2. The van der Waals surface area contributed by atoms with Crippen molar-refractivity contribution in [3.05, 3.63) is 54.1 Å². The van der Waals surface area contributed by atoms with Gasteiger partial charge in [0.15, 0.2) is 0 Å². The number of piperidine rings is 1. The fourth-order valence-electron chi connectivity index (χ4n) is 2.82. The van der Waals surface area contributed by atoms with Crippen LogP contribution in [-0.4, -0.2) is 31.9 Å². The minimum Gasteiger partial charge on any atom is -0.328 e. The summed E-state index contributed by atoms with van der Waals surface area (Å²) in [6.07, 6.45) is 1.39. The number of hydrogen-bond acceptors (Lipinski definition) is 4. The minimum absolute atomic E-state index is 0.0928.